The average Bonchev–Trinajstić information content (AvgIpc) is 2.31. The van der Waals surface area contributed by atoms with Crippen LogP contribution in [0, 0.1) is 0 Å². The van der Waals surface area contributed by atoms with E-state index in [0.717, 1.165) is 12.8 Å². The van der Waals surface area contributed by atoms with Gasteiger partial charge in [-0.1, -0.05) is 64.7 Å². The second-order valence-electron chi connectivity index (χ2n) is 4.70. The molecule has 0 aromatic carbocycles. The van der Waals surface area contributed by atoms with Crippen LogP contribution in [-0.4, -0.2) is 20.6 Å². The Bertz CT molecular complexity index is 289. The van der Waals surface area contributed by atoms with Gasteiger partial charge in [0.05, 0.1) is 5.75 Å². The van der Waals surface area contributed by atoms with Gasteiger partial charge in [0.15, 0.2) is 0 Å². The van der Waals surface area contributed by atoms with Gasteiger partial charge >= 0.3 is 6.41 Å². The van der Waals surface area contributed by atoms with Gasteiger partial charge in [0, 0.05) is 0 Å². The van der Waals surface area contributed by atoms with E-state index in [-0.39, 0.29) is 5.75 Å². The van der Waals surface area contributed by atoms with Crippen LogP contribution in [0.5, 0.6) is 0 Å². The van der Waals surface area contributed by atoms with E-state index in [2.05, 4.69) is 6.92 Å². The molecule has 0 aliphatic rings. The summed E-state index contributed by atoms with van der Waals surface area (Å²) in [7, 11) is -3.41. The van der Waals surface area contributed by atoms with Gasteiger partial charge in [-0.25, -0.2) is 13.1 Å². The molecule has 0 rings (SSSR count). The molecular weight excluding hydrogens is 250 g/mol. The molecule has 4 nitrogen and oxygen atoms in total. The zero-order chi connectivity index (χ0) is 13.7. The molecule has 0 aromatic rings. The van der Waals surface area contributed by atoms with E-state index in [9.17, 15) is 13.2 Å². The topological polar surface area (TPSA) is 63.2 Å². The summed E-state index contributed by atoms with van der Waals surface area (Å²) in [4.78, 5) is 9.89. The van der Waals surface area contributed by atoms with Gasteiger partial charge in [-0.05, 0) is 6.42 Å². The van der Waals surface area contributed by atoms with Crippen LogP contribution < -0.4 is 4.72 Å². The van der Waals surface area contributed by atoms with E-state index < -0.39 is 10.0 Å². The summed E-state index contributed by atoms with van der Waals surface area (Å²) >= 11 is 0. The zero-order valence-electron chi connectivity index (χ0n) is 11.4. The highest BCUT2D eigenvalue weighted by atomic mass is 32.2. The maximum absolute atomic E-state index is 11.1. The molecule has 0 saturated heterocycles. The lowest BCUT2D eigenvalue weighted by atomic mass is 10.1. The van der Waals surface area contributed by atoms with Crippen LogP contribution in [0.1, 0.15) is 71.1 Å². The molecule has 0 unspecified atom stereocenters. The van der Waals surface area contributed by atoms with E-state index in [0.29, 0.717) is 6.42 Å². The highest BCUT2D eigenvalue weighted by Gasteiger charge is 2.07. The third-order valence-electron chi connectivity index (χ3n) is 2.96. The van der Waals surface area contributed by atoms with Gasteiger partial charge < -0.3 is 0 Å². The number of hydrogen-bond donors (Lipinski definition) is 1. The molecule has 1 amide bonds. The van der Waals surface area contributed by atoms with Crippen LogP contribution in [0.15, 0.2) is 0 Å². The van der Waals surface area contributed by atoms with Crippen molar-refractivity contribution >= 4 is 16.4 Å². The summed E-state index contributed by atoms with van der Waals surface area (Å²) in [5.41, 5.74) is 0. The fourth-order valence-corrected chi connectivity index (χ4v) is 2.71. The Morgan fingerprint density at radius 2 is 1.28 bits per heavy atom. The van der Waals surface area contributed by atoms with Gasteiger partial charge in [-0.2, -0.15) is 0 Å². The van der Waals surface area contributed by atoms with E-state index >= 15 is 0 Å². The Hall–Kier alpha value is -0.580. The Balaban J connectivity index is 3.23. The molecular formula is C13H26NO3S. The number of carbonyl (C=O) groups excluding carboxylic acids is 1. The van der Waals surface area contributed by atoms with Crippen molar-refractivity contribution in [1.29, 1.82) is 0 Å². The van der Waals surface area contributed by atoms with Gasteiger partial charge in [0.1, 0.15) is 0 Å². The van der Waals surface area contributed by atoms with Crippen LogP contribution in [0.25, 0.3) is 0 Å². The number of hydrogen-bond acceptors (Lipinski definition) is 3. The first-order valence-corrected chi connectivity index (χ1v) is 8.64. The minimum atomic E-state index is -3.41. The van der Waals surface area contributed by atoms with Crippen molar-refractivity contribution in [2.75, 3.05) is 5.75 Å². The molecule has 0 bridgehead atoms. The van der Waals surface area contributed by atoms with Crippen molar-refractivity contribution in [2.24, 2.45) is 0 Å². The molecule has 107 valence electrons. The third-order valence-corrected chi connectivity index (χ3v) is 4.18. The summed E-state index contributed by atoms with van der Waals surface area (Å²) in [5.74, 6) is 0.0265. The summed E-state index contributed by atoms with van der Waals surface area (Å²) in [6.45, 7) is 2.21. The molecule has 5 heteroatoms. The fourth-order valence-electron chi connectivity index (χ4n) is 1.89. The van der Waals surface area contributed by atoms with Crippen LogP contribution in [-0.2, 0) is 14.8 Å². The number of unbranched alkanes of at least 4 members (excludes halogenated alkanes) is 9. The van der Waals surface area contributed by atoms with E-state index in [4.69, 9.17) is 0 Å². The molecule has 1 radical (unpaired) electrons. The number of rotatable bonds is 13. The van der Waals surface area contributed by atoms with Crippen LogP contribution in [0.2, 0.25) is 0 Å². The zero-order valence-corrected chi connectivity index (χ0v) is 12.2. The molecule has 0 aliphatic heterocycles. The van der Waals surface area contributed by atoms with E-state index in [1.54, 1.807) is 4.72 Å². The first-order valence-electron chi connectivity index (χ1n) is 6.99. The molecule has 0 aromatic heterocycles. The minimum Gasteiger partial charge on any atom is -0.263 e. The molecule has 0 heterocycles. The lowest BCUT2D eigenvalue weighted by molar-refractivity contribution is 0.544. The average molecular weight is 276 g/mol. The molecule has 0 fully saturated rings. The van der Waals surface area contributed by atoms with Gasteiger partial charge in [0.25, 0.3) is 0 Å². The van der Waals surface area contributed by atoms with Crippen molar-refractivity contribution in [3.8, 4) is 0 Å². The van der Waals surface area contributed by atoms with Crippen molar-refractivity contribution in [3.63, 3.8) is 0 Å². The quantitative estimate of drug-likeness (QED) is 0.415. The second kappa shape index (κ2) is 11.5. The SMILES string of the molecule is CCCCCCCCCCCCS(=O)(=O)N[C]=O. The molecule has 1 N–H and O–H groups in total. The smallest absolute Gasteiger partial charge is 0.263 e. The highest BCUT2D eigenvalue weighted by Crippen LogP contribution is 2.10. The highest BCUT2D eigenvalue weighted by molar-refractivity contribution is 7.89. The lowest BCUT2D eigenvalue weighted by Gasteiger charge is -2.03. The summed E-state index contributed by atoms with van der Waals surface area (Å²) in [5, 5.41) is 0. The number of sulfonamides is 1. The largest absolute Gasteiger partial charge is 0.323 e. The van der Waals surface area contributed by atoms with Crippen molar-refractivity contribution in [2.45, 2.75) is 71.1 Å². The van der Waals surface area contributed by atoms with Crippen molar-refractivity contribution < 1.29 is 13.2 Å². The monoisotopic (exact) mass is 276 g/mol. The van der Waals surface area contributed by atoms with E-state index in [1.807, 2.05) is 0 Å². The van der Waals surface area contributed by atoms with Crippen LogP contribution in [0.3, 0.4) is 0 Å². The van der Waals surface area contributed by atoms with Crippen molar-refractivity contribution in [1.82, 2.24) is 4.72 Å². The summed E-state index contributed by atoms with van der Waals surface area (Å²) < 4.78 is 23.9. The third kappa shape index (κ3) is 11.9. The van der Waals surface area contributed by atoms with Crippen molar-refractivity contribution in [3.05, 3.63) is 0 Å². The molecule has 0 saturated carbocycles. The standard InChI is InChI=1S/C13H26NO3S/c1-2-3-4-5-6-7-8-9-10-11-12-18(16,17)14-13-15/h2-12H2,1H3,(H,14,15). The Labute approximate surface area is 112 Å². The summed E-state index contributed by atoms with van der Waals surface area (Å²) in [6.07, 6.45) is 12.8. The lowest BCUT2D eigenvalue weighted by Crippen LogP contribution is -2.24. The van der Waals surface area contributed by atoms with Gasteiger partial charge in [-0.3, -0.25) is 4.79 Å². The second-order valence-corrected chi connectivity index (χ2v) is 6.55. The van der Waals surface area contributed by atoms with Gasteiger partial charge in [0.2, 0.25) is 10.0 Å². The molecule has 0 aliphatic carbocycles. The van der Waals surface area contributed by atoms with Gasteiger partial charge in [-0.15, -0.1) is 0 Å². The predicted molar refractivity (Wildman–Crippen MR) is 74.5 cm³/mol. The number of amides is 1. The number of nitrogens with one attached hydrogen (secondary N) is 1. The Kier molecular flexibility index (Phi) is 11.1. The Morgan fingerprint density at radius 3 is 1.72 bits per heavy atom. The first kappa shape index (κ1) is 17.4. The predicted octanol–water partition coefficient (Wildman–Crippen LogP) is 2.89. The normalized spacial score (nSPS) is 11.4. The van der Waals surface area contributed by atoms with E-state index in [1.165, 1.54) is 51.4 Å². The molecule has 18 heavy (non-hydrogen) atoms. The van der Waals surface area contributed by atoms with Crippen LogP contribution >= 0.6 is 0 Å². The maximum Gasteiger partial charge on any atom is 0.323 e. The molecule has 0 spiro atoms. The minimum absolute atomic E-state index is 0.0265. The summed E-state index contributed by atoms with van der Waals surface area (Å²) in [6, 6.07) is 0. The Morgan fingerprint density at radius 1 is 0.833 bits per heavy atom. The van der Waals surface area contributed by atoms with Crippen LogP contribution in [0.4, 0.5) is 0 Å². The molecule has 0 atom stereocenters. The fraction of sp³-hybridized carbons (Fsp3) is 0.923. The maximum atomic E-state index is 11.1. The first-order chi connectivity index (χ1) is 8.62.